The average molecular weight is 402 g/mol. The number of halogens is 3. The Kier molecular flexibility index (Phi) is 5.54. The molecule has 1 N–H and O–H groups in total. The quantitative estimate of drug-likeness (QED) is 0.598. The van der Waals surface area contributed by atoms with E-state index >= 15 is 0 Å². The van der Waals surface area contributed by atoms with Gasteiger partial charge in [0.1, 0.15) is 11.6 Å². The Morgan fingerprint density at radius 1 is 1.17 bits per heavy atom. The first-order chi connectivity index (χ1) is 13.9. The number of aryl methyl sites for hydroxylation is 1. The summed E-state index contributed by atoms with van der Waals surface area (Å²) < 4.78 is 47.3. The van der Waals surface area contributed by atoms with Crippen LogP contribution in [0.2, 0.25) is 0 Å². The van der Waals surface area contributed by atoms with E-state index in [2.05, 4.69) is 9.88 Å². The third-order valence-electron chi connectivity index (χ3n) is 5.90. The van der Waals surface area contributed by atoms with E-state index in [1.807, 2.05) is 24.4 Å². The van der Waals surface area contributed by atoms with Gasteiger partial charge in [0.25, 0.3) is 5.92 Å². The van der Waals surface area contributed by atoms with Crippen molar-refractivity contribution in [2.45, 2.75) is 31.7 Å². The number of nitrogens with zero attached hydrogens (tertiary/aromatic N) is 1. The lowest BCUT2D eigenvalue weighted by molar-refractivity contribution is -0.109. The molecule has 1 atom stereocenters. The molecule has 0 unspecified atom stereocenters. The van der Waals surface area contributed by atoms with Gasteiger partial charge < -0.3 is 9.72 Å². The number of H-pyrrole nitrogens is 1. The van der Waals surface area contributed by atoms with Crippen LogP contribution in [0.25, 0.3) is 10.9 Å². The Morgan fingerprint density at radius 3 is 2.72 bits per heavy atom. The molecule has 29 heavy (non-hydrogen) atoms. The van der Waals surface area contributed by atoms with Crippen LogP contribution in [-0.2, 0) is 13.0 Å². The van der Waals surface area contributed by atoms with Crippen molar-refractivity contribution in [3.05, 3.63) is 65.6 Å². The lowest BCUT2D eigenvalue weighted by Gasteiger charge is -2.38. The Balaban J connectivity index is 1.43. The van der Waals surface area contributed by atoms with Gasteiger partial charge in [-0.05, 0) is 48.2 Å². The van der Waals surface area contributed by atoms with Gasteiger partial charge >= 0.3 is 0 Å². The highest BCUT2D eigenvalue weighted by molar-refractivity contribution is 5.84. The van der Waals surface area contributed by atoms with E-state index in [0.29, 0.717) is 32.5 Å². The summed E-state index contributed by atoms with van der Waals surface area (Å²) in [6.45, 7) is 1.37. The van der Waals surface area contributed by atoms with Gasteiger partial charge in [0.2, 0.25) is 0 Å². The summed E-state index contributed by atoms with van der Waals surface area (Å²) in [6.07, 6.45) is 2.74. The summed E-state index contributed by atoms with van der Waals surface area (Å²) in [5, 5.41) is 1.09. The summed E-state index contributed by atoms with van der Waals surface area (Å²) in [6, 6.07) is 12.0. The lowest BCUT2D eigenvalue weighted by atomic mass is 9.88. The molecule has 3 aromatic rings. The number of rotatable bonds is 6. The van der Waals surface area contributed by atoms with E-state index in [0.717, 1.165) is 27.8 Å². The van der Waals surface area contributed by atoms with Crippen LogP contribution in [-0.4, -0.2) is 36.0 Å². The molecule has 1 aliphatic heterocycles. The van der Waals surface area contributed by atoms with Gasteiger partial charge in [-0.3, -0.25) is 4.90 Å². The number of likely N-dealkylation sites (tertiary alicyclic amines) is 1. The largest absolute Gasteiger partial charge is 0.497 e. The maximum Gasteiger partial charge on any atom is 0.253 e. The molecule has 0 radical (unpaired) electrons. The minimum Gasteiger partial charge on any atom is -0.497 e. The predicted octanol–water partition coefficient (Wildman–Crippen LogP) is 5.41. The number of methoxy groups -OCH3 is 1. The van der Waals surface area contributed by atoms with Crippen molar-refractivity contribution in [3.63, 3.8) is 0 Å². The number of nitrogens with one attached hydrogen (secondary N) is 1. The third-order valence-corrected chi connectivity index (χ3v) is 5.90. The first-order valence-corrected chi connectivity index (χ1v) is 9.93. The zero-order valence-corrected chi connectivity index (χ0v) is 16.4. The molecule has 0 amide bonds. The SMILES string of the molecule is COc1ccc2c(CN3CCC(F)(F)[C@@H](CCc4ccc(F)cc4)C3)c[nH]c2c1. The number of hydrogen-bond acceptors (Lipinski definition) is 2. The number of alkyl halides is 2. The van der Waals surface area contributed by atoms with Crippen molar-refractivity contribution in [1.82, 2.24) is 9.88 Å². The van der Waals surface area contributed by atoms with Crippen molar-refractivity contribution >= 4 is 10.9 Å². The van der Waals surface area contributed by atoms with Crippen LogP contribution in [0.15, 0.2) is 48.7 Å². The topological polar surface area (TPSA) is 28.3 Å². The molecular weight excluding hydrogens is 377 g/mol. The Labute approximate surface area is 168 Å². The van der Waals surface area contributed by atoms with Crippen molar-refractivity contribution in [2.75, 3.05) is 20.2 Å². The minimum absolute atomic E-state index is 0.128. The molecule has 1 fully saturated rings. The summed E-state index contributed by atoms with van der Waals surface area (Å²) >= 11 is 0. The number of hydrogen-bond donors (Lipinski definition) is 1. The molecule has 4 rings (SSSR count). The van der Waals surface area contributed by atoms with Crippen LogP contribution in [0, 0.1) is 11.7 Å². The van der Waals surface area contributed by atoms with Crippen molar-refractivity contribution in [3.8, 4) is 5.75 Å². The van der Waals surface area contributed by atoms with E-state index in [4.69, 9.17) is 4.74 Å². The first kappa shape index (κ1) is 19.8. The van der Waals surface area contributed by atoms with Crippen molar-refractivity contribution < 1.29 is 17.9 Å². The number of piperidine rings is 1. The fourth-order valence-corrected chi connectivity index (χ4v) is 4.15. The Hall–Kier alpha value is -2.47. The van der Waals surface area contributed by atoms with Gasteiger partial charge in [-0.25, -0.2) is 13.2 Å². The molecule has 0 spiro atoms. The third kappa shape index (κ3) is 4.42. The molecule has 0 saturated carbocycles. The summed E-state index contributed by atoms with van der Waals surface area (Å²) in [5.74, 6) is -2.89. The molecule has 1 aliphatic rings. The molecule has 2 aromatic carbocycles. The molecule has 0 bridgehead atoms. The number of fused-ring (bicyclic) bond motifs is 1. The molecule has 154 valence electrons. The molecule has 0 aliphatic carbocycles. The molecular formula is C23H25F3N2O. The van der Waals surface area contributed by atoms with Gasteiger partial charge in [-0.15, -0.1) is 0 Å². The number of aromatic amines is 1. The van der Waals surface area contributed by atoms with Gasteiger partial charge in [0.05, 0.1) is 7.11 Å². The van der Waals surface area contributed by atoms with E-state index < -0.39 is 11.8 Å². The highest BCUT2D eigenvalue weighted by atomic mass is 19.3. The number of benzene rings is 2. The summed E-state index contributed by atoms with van der Waals surface area (Å²) in [5.41, 5.74) is 2.98. The average Bonchev–Trinajstić information content (AvgIpc) is 3.11. The van der Waals surface area contributed by atoms with Crippen molar-refractivity contribution in [2.24, 2.45) is 5.92 Å². The molecule has 1 aromatic heterocycles. The van der Waals surface area contributed by atoms with Crippen LogP contribution in [0.5, 0.6) is 5.75 Å². The standard InChI is InChI=1S/C23H25F3N2O/c1-29-20-8-9-21-17(13-27-22(21)12-20)14-28-11-10-23(25,26)18(15-28)5-2-16-3-6-19(24)7-4-16/h3-4,6-9,12-13,18,27H,2,5,10-11,14-15H2,1H3/t18-/m0/s1. The first-order valence-electron chi connectivity index (χ1n) is 9.93. The van der Waals surface area contributed by atoms with E-state index in [9.17, 15) is 13.2 Å². The van der Waals surface area contributed by atoms with Gasteiger partial charge in [0.15, 0.2) is 0 Å². The zero-order chi connectivity index (χ0) is 20.4. The smallest absolute Gasteiger partial charge is 0.253 e. The zero-order valence-electron chi connectivity index (χ0n) is 16.4. The van der Waals surface area contributed by atoms with Crippen LogP contribution in [0.4, 0.5) is 13.2 Å². The number of aromatic nitrogens is 1. The van der Waals surface area contributed by atoms with Gasteiger partial charge in [0, 0.05) is 55.1 Å². The fraction of sp³-hybridized carbons (Fsp3) is 0.391. The van der Waals surface area contributed by atoms with E-state index in [1.54, 1.807) is 19.2 Å². The normalized spacial score (nSPS) is 19.5. The molecule has 2 heterocycles. The van der Waals surface area contributed by atoms with Gasteiger partial charge in [-0.2, -0.15) is 0 Å². The Morgan fingerprint density at radius 2 is 1.97 bits per heavy atom. The molecule has 1 saturated heterocycles. The second kappa shape index (κ2) is 8.11. The second-order valence-electron chi connectivity index (χ2n) is 7.83. The number of ether oxygens (including phenoxy) is 1. The monoisotopic (exact) mass is 402 g/mol. The fourth-order valence-electron chi connectivity index (χ4n) is 4.15. The highest BCUT2D eigenvalue weighted by Gasteiger charge is 2.43. The lowest BCUT2D eigenvalue weighted by Crippen LogP contribution is -2.46. The van der Waals surface area contributed by atoms with Crippen molar-refractivity contribution in [1.29, 1.82) is 0 Å². The van der Waals surface area contributed by atoms with Crippen LogP contribution in [0.1, 0.15) is 24.0 Å². The summed E-state index contributed by atoms with van der Waals surface area (Å²) in [4.78, 5) is 5.36. The summed E-state index contributed by atoms with van der Waals surface area (Å²) in [7, 11) is 1.63. The maximum atomic E-state index is 14.5. The van der Waals surface area contributed by atoms with E-state index in [1.165, 1.54) is 12.1 Å². The molecule has 6 heteroatoms. The van der Waals surface area contributed by atoms with Crippen LogP contribution >= 0.6 is 0 Å². The van der Waals surface area contributed by atoms with E-state index in [-0.39, 0.29) is 12.2 Å². The van der Waals surface area contributed by atoms with Gasteiger partial charge in [-0.1, -0.05) is 12.1 Å². The second-order valence-corrected chi connectivity index (χ2v) is 7.83. The van der Waals surface area contributed by atoms with Crippen LogP contribution in [0.3, 0.4) is 0 Å². The van der Waals surface area contributed by atoms with Crippen LogP contribution < -0.4 is 4.74 Å². The molecule has 3 nitrogen and oxygen atoms in total. The predicted molar refractivity (Wildman–Crippen MR) is 108 cm³/mol. The maximum absolute atomic E-state index is 14.5. The minimum atomic E-state index is -2.66. The Bertz CT molecular complexity index is 968. The highest BCUT2D eigenvalue weighted by Crippen LogP contribution is 2.37.